The van der Waals surface area contributed by atoms with E-state index >= 15 is 0 Å². The molecule has 1 unspecified atom stereocenters. The van der Waals surface area contributed by atoms with E-state index in [1.807, 2.05) is 66.7 Å². The van der Waals surface area contributed by atoms with Gasteiger partial charge in [-0.05, 0) is 27.5 Å². The number of benzene rings is 3. The molecule has 0 aliphatic heterocycles. The molecule has 0 aromatic heterocycles. The van der Waals surface area contributed by atoms with E-state index in [1.165, 1.54) is 0 Å². The molecule has 2 heteroatoms. The summed E-state index contributed by atoms with van der Waals surface area (Å²) in [7, 11) is 0. The van der Waals surface area contributed by atoms with Crippen molar-refractivity contribution in [3.63, 3.8) is 0 Å². The summed E-state index contributed by atoms with van der Waals surface area (Å²) in [5, 5.41) is 2.22. The highest BCUT2D eigenvalue weighted by molar-refractivity contribution is 5.88. The van der Waals surface area contributed by atoms with Gasteiger partial charge in [0.2, 0.25) is 0 Å². The molecule has 3 aromatic carbocycles. The predicted octanol–water partition coefficient (Wildman–Crippen LogP) is 5.55. The van der Waals surface area contributed by atoms with Gasteiger partial charge in [0.05, 0.1) is 0 Å². The van der Waals surface area contributed by atoms with Crippen molar-refractivity contribution in [3.05, 3.63) is 83.4 Å². The number of hydrogen-bond donors (Lipinski definition) is 0. The van der Waals surface area contributed by atoms with Crippen molar-refractivity contribution in [3.8, 4) is 0 Å². The zero-order chi connectivity index (χ0) is 15.2. The van der Waals surface area contributed by atoms with E-state index < -0.39 is 5.92 Å². The fraction of sp³-hybridized carbons (Fsp3) is 0.200. The Balaban J connectivity index is 1.99. The standard InChI is InChI=1S/C20H16F2/c21-20(22)12-16-11-10-15-8-4-5-9-17(15)19(16)18(13-20)14-6-2-1-3-7-14/h1-11,18H,12-13H2. The van der Waals surface area contributed by atoms with Crippen molar-refractivity contribution < 1.29 is 8.78 Å². The lowest BCUT2D eigenvalue weighted by molar-refractivity contribution is -0.0168. The summed E-state index contributed by atoms with van der Waals surface area (Å²) in [4.78, 5) is 0. The Labute approximate surface area is 128 Å². The minimum Gasteiger partial charge on any atom is -0.206 e. The summed E-state index contributed by atoms with van der Waals surface area (Å²) < 4.78 is 28.4. The topological polar surface area (TPSA) is 0 Å². The zero-order valence-corrected chi connectivity index (χ0v) is 12.1. The van der Waals surface area contributed by atoms with Crippen molar-refractivity contribution in [2.75, 3.05) is 0 Å². The van der Waals surface area contributed by atoms with Gasteiger partial charge < -0.3 is 0 Å². The van der Waals surface area contributed by atoms with Gasteiger partial charge in [-0.15, -0.1) is 0 Å². The number of halogens is 2. The van der Waals surface area contributed by atoms with E-state index in [1.54, 1.807) is 0 Å². The summed E-state index contributed by atoms with van der Waals surface area (Å²) in [6, 6.07) is 21.6. The van der Waals surface area contributed by atoms with E-state index in [-0.39, 0.29) is 18.8 Å². The lowest BCUT2D eigenvalue weighted by atomic mass is 9.75. The summed E-state index contributed by atoms with van der Waals surface area (Å²) in [5.41, 5.74) is 2.83. The van der Waals surface area contributed by atoms with Gasteiger partial charge in [0.25, 0.3) is 5.92 Å². The zero-order valence-electron chi connectivity index (χ0n) is 12.1. The highest BCUT2D eigenvalue weighted by atomic mass is 19.3. The van der Waals surface area contributed by atoms with Gasteiger partial charge in [-0.2, -0.15) is 0 Å². The van der Waals surface area contributed by atoms with Crippen LogP contribution < -0.4 is 0 Å². The Morgan fingerprint density at radius 3 is 2.36 bits per heavy atom. The molecule has 0 saturated carbocycles. The quantitative estimate of drug-likeness (QED) is 0.551. The minimum absolute atomic E-state index is 0.113. The fourth-order valence-electron chi connectivity index (χ4n) is 3.63. The molecule has 0 bridgehead atoms. The molecule has 0 N–H and O–H groups in total. The molecule has 0 saturated heterocycles. The highest BCUT2D eigenvalue weighted by Gasteiger charge is 2.40. The lowest BCUT2D eigenvalue weighted by Gasteiger charge is -2.33. The van der Waals surface area contributed by atoms with Crippen molar-refractivity contribution in [1.82, 2.24) is 0 Å². The molecule has 1 aliphatic rings. The first-order valence-electron chi connectivity index (χ1n) is 7.57. The van der Waals surface area contributed by atoms with Crippen LogP contribution in [0, 0.1) is 0 Å². The van der Waals surface area contributed by atoms with Gasteiger partial charge >= 0.3 is 0 Å². The Kier molecular flexibility index (Phi) is 3.00. The summed E-state index contributed by atoms with van der Waals surface area (Å²) in [6.07, 6.45) is -0.269. The molecule has 22 heavy (non-hydrogen) atoms. The smallest absolute Gasteiger partial charge is 0.206 e. The maximum absolute atomic E-state index is 14.2. The van der Waals surface area contributed by atoms with Crippen LogP contribution in [0.1, 0.15) is 29.0 Å². The Morgan fingerprint density at radius 2 is 1.55 bits per heavy atom. The summed E-state index contributed by atoms with van der Waals surface area (Å²) in [6.45, 7) is 0. The van der Waals surface area contributed by atoms with Crippen LogP contribution in [0.3, 0.4) is 0 Å². The lowest BCUT2D eigenvalue weighted by Crippen LogP contribution is -2.29. The van der Waals surface area contributed by atoms with E-state index in [4.69, 9.17) is 0 Å². The molecular formula is C20H16F2. The molecule has 1 aliphatic carbocycles. The minimum atomic E-state index is -2.64. The van der Waals surface area contributed by atoms with Crippen LogP contribution in [-0.2, 0) is 6.42 Å². The van der Waals surface area contributed by atoms with Gasteiger partial charge in [-0.3, -0.25) is 0 Å². The molecule has 0 nitrogen and oxygen atoms in total. The fourth-order valence-corrected chi connectivity index (χ4v) is 3.63. The van der Waals surface area contributed by atoms with Crippen molar-refractivity contribution in [1.29, 1.82) is 0 Å². The van der Waals surface area contributed by atoms with Crippen LogP contribution in [0.15, 0.2) is 66.7 Å². The SMILES string of the molecule is FC1(F)Cc2ccc3ccccc3c2C(c2ccccc2)C1. The second-order valence-electron chi connectivity index (χ2n) is 6.06. The Bertz CT molecular complexity index is 821. The first-order chi connectivity index (χ1) is 10.6. The monoisotopic (exact) mass is 294 g/mol. The number of alkyl halides is 2. The van der Waals surface area contributed by atoms with Crippen LogP contribution in [-0.4, -0.2) is 5.92 Å². The molecule has 4 rings (SSSR count). The molecule has 110 valence electrons. The Hall–Kier alpha value is -2.22. The van der Waals surface area contributed by atoms with Gasteiger partial charge in [-0.25, -0.2) is 8.78 Å². The molecular weight excluding hydrogens is 278 g/mol. The normalized spacial score (nSPS) is 19.8. The first kappa shape index (κ1) is 13.4. The highest BCUT2D eigenvalue weighted by Crippen LogP contribution is 2.46. The maximum Gasteiger partial charge on any atom is 0.253 e. The average molecular weight is 294 g/mol. The largest absolute Gasteiger partial charge is 0.253 e. The third kappa shape index (κ3) is 2.19. The van der Waals surface area contributed by atoms with Gasteiger partial charge in [-0.1, -0.05) is 66.7 Å². The van der Waals surface area contributed by atoms with Gasteiger partial charge in [0.15, 0.2) is 0 Å². The number of hydrogen-bond acceptors (Lipinski definition) is 0. The second-order valence-corrected chi connectivity index (χ2v) is 6.06. The van der Waals surface area contributed by atoms with E-state index in [2.05, 4.69) is 0 Å². The predicted molar refractivity (Wildman–Crippen MR) is 85.5 cm³/mol. The van der Waals surface area contributed by atoms with Crippen LogP contribution in [0.4, 0.5) is 8.78 Å². The molecule has 3 aromatic rings. The molecule has 1 atom stereocenters. The van der Waals surface area contributed by atoms with E-state index in [0.29, 0.717) is 0 Å². The first-order valence-corrected chi connectivity index (χ1v) is 7.57. The van der Waals surface area contributed by atoms with E-state index in [9.17, 15) is 8.78 Å². The molecule has 0 heterocycles. The molecule has 0 amide bonds. The number of rotatable bonds is 1. The second kappa shape index (κ2) is 4.91. The van der Waals surface area contributed by atoms with Gasteiger partial charge in [0, 0.05) is 18.8 Å². The van der Waals surface area contributed by atoms with E-state index in [0.717, 1.165) is 27.5 Å². The molecule has 0 fully saturated rings. The maximum atomic E-state index is 14.2. The molecule has 0 spiro atoms. The van der Waals surface area contributed by atoms with Crippen molar-refractivity contribution in [2.24, 2.45) is 0 Å². The van der Waals surface area contributed by atoms with Crippen LogP contribution in [0.5, 0.6) is 0 Å². The van der Waals surface area contributed by atoms with Crippen molar-refractivity contribution >= 4 is 10.8 Å². The van der Waals surface area contributed by atoms with Crippen LogP contribution in [0.25, 0.3) is 10.8 Å². The average Bonchev–Trinajstić information content (AvgIpc) is 2.53. The molecule has 0 radical (unpaired) electrons. The van der Waals surface area contributed by atoms with Crippen LogP contribution >= 0.6 is 0 Å². The third-order valence-corrected chi connectivity index (χ3v) is 4.56. The Morgan fingerprint density at radius 1 is 0.818 bits per heavy atom. The third-order valence-electron chi connectivity index (χ3n) is 4.56. The summed E-state index contributed by atoms with van der Waals surface area (Å²) in [5.74, 6) is -2.89. The summed E-state index contributed by atoms with van der Waals surface area (Å²) >= 11 is 0. The van der Waals surface area contributed by atoms with Gasteiger partial charge in [0.1, 0.15) is 0 Å². The van der Waals surface area contributed by atoms with Crippen molar-refractivity contribution in [2.45, 2.75) is 24.7 Å². The number of fused-ring (bicyclic) bond motifs is 3. The van der Waals surface area contributed by atoms with Crippen LogP contribution in [0.2, 0.25) is 0 Å².